The van der Waals surface area contributed by atoms with Crippen molar-refractivity contribution in [3.63, 3.8) is 0 Å². The highest BCUT2D eigenvalue weighted by Gasteiger charge is 2.01. The summed E-state index contributed by atoms with van der Waals surface area (Å²) in [5.41, 5.74) is 0. The van der Waals surface area contributed by atoms with Gasteiger partial charge in [-0.2, -0.15) is 0 Å². The number of urea groups is 1. The lowest BCUT2D eigenvalue weighted by Gasteiger charge is -2.13. The molecule has 66 valence electrons. The molecule has 0 aliphatic carbocycles. The monoisotopic (exact) mass is 160 g/mol. The zero-order valence-corrected chi connectivity index (χ0v) is 7.55. The number of amides is 2. The molecule has 0 aromatic heterocycles. The molecule has 0 aromatic rings. The number of carbonyl (C=O) groups is 1. The highest BCUT2D eigenvalue weighted by atomic mass is 16.5. The third kappa shape index (κ3) is 5.66. The summed E-state index contributed by atoms with van der Waals surface area (Å²) in [6.45, 7) is 4.11. The molecule has 0 saturated heterocycles. The van der Waals surface area contributed by atoms with E-state index in [1.165, 1.54) is 4.90 Å². The van der Waals surface area contributed by atoms with Crippen LogP contribution in [0, 0.1) is 0 Å². The van der Waals surface area contributed by atoms with Gasteiger partial charge in [-0.3, -0.25) is 0 Å². The van der Waals surface area contributed by atoms with Gasteiger partial charge in [-0.25, -0.2) is 4.79 Å². The van der Waals surface area contributed by atoms with Crippen LogP contribution >= 0.6 is 0 Å². The molecule has 0 aliphatic rings. The first-order chi connectivity index (χ1) is 5.04. The van der Waals surface area contributed by atoms with E-state index in [-0.39, 0.29) is 18.9 Å². The van der Waals surface area contributed by atoms with Crippen molar-refractivity contribution in [3.05, 3.63) is 0 Å². The summed E-state index contributed by atoms with van der Waals surface area (Å²) in [5.74, 6) is 0. The van der Waals surface area contributed by atoms with E-state index < -0.39 is 0 Å². The Labute approximate surface area is 67.5 Å². The summed E-state index contributed by atoms with van der Waals surface area (Å²) in [6.07, 6.45) is 0.150. The average molecular weight is 160 g/mol. The minimum Gasteiger partial charge on any atom is -0.359 e. The van der Waals surface area contributed by atoms with Gasteiger partial charge in [0.2, 0.25) is 0 Å². The van der Waals surface area contributed by atoms with Crippen molar-refractivity contribution in [3.8, 4) is 0 Å². The van der Waals surface area contributed by atoms with E-state index in [9.17, 15) is 4.79 Å². The molecule has 0 spiro atoms. The number of ether oxygens (including phenoxy) is 1. The van der Waals surface area contributed by atoms with Crippen LogP contribution in [0.4, 0.5) is 4.79 Å². The van der Waals surface area contributed by atoms with Gasteiger partial charge >= 0.3 is 6.03 Å². The predicted molar refractivity (Wildman–Crippen MR) is 43.3 cm³/mol. The average Bonchev–Trinajstić information content (AvgIpc) is 1.86. The van der Waals surface area contributed by atoms with Crippen molar-refractivity contribution in [2.75, 3.05) is 20.8 Å². The number of nitrogens with one attached hydrogen (secondary N) is 1. The van der Waals surface area contributed by atoms with Gasteiger partial charge in [-0.1, -0.05) is 0 Å². The van der Waals surface area contributed by atoms with Crippen LogP contribution in [0.2, 0.25) is 0 Å². The molecule has 0 radical (unpaired) electrons. The minimum absolute atomic E-state index is 0.134. The smallest absolute Gasteiger partial charge is 0.318 e. The SMILES string of the molecule is CC(C)OCNC(=O)N(C)C. The number of hydrogen-bond donors (Lipinski definition) is 1. The predicted octanol–water partition coefficient (Wildman–Crippen LogP) is 0.640. The zero-order valence-electron chi connectivity index (χ0n) is 7.55. The lowest BCUT2D eigenvalue weighted by Crippen LogP contribution is -2.36. The Morgan fingerprint density at radius 3 is 2.45 bits per heavy atom. The Balaban J connectivity index is 3.32. The van der Waals surface area contributed by atoms with Crippen LogP contribution in [0.25, 0.3) is 0 Å². The summed E-state index contributed by atoms with van der Waals surface area (Å²) < 4.78 is 5.10. The van der Waals surface area contributed by atoms with Crippen LogP contribution < -0.4 is 5.32 Å². The third-order valence-corrected chi connectivity index (χ3v) is 1.05. The van der Waals surface area contributed by atoms with E-state index in [0.29, 0.717) is 0 Å². The summed E-state index contributed by atoms with van der Waals surface area (Å²) in [7, 11) is 3.37. The van der Waals surface area contributed by atoms with Gasteiger partial charge in [0.1, 0.15) is 6.73 Å². The molecule has 0 aromatic carbocycles. The van der Waals surface area contributed by atoms with Crippen LogP contribution in [0.15, 0.2) is 0 Å². The Hall–Kier alpha value is -0.770. The molecule has 1 N–H and O–H groups in total. The number of carbonyl (C=O) groups excluding carboxylic acids is 1. The van der Waals surface area contributed by atoms with Crippen molar-refractivity contribution in [2.24, 2.45) is 0 Å². The second-order valence-corrected chi connectivity index (χ2v) is 2.74. The van der Waals surface area contributed by atoms with Crippen LogP contribution in [-0.4, -0.2) is 37.9 Å². The summed E-state index contributed by atoms with van der Waals surface area (Å²) in [4.78, 5) is 12.3. The molecule has 4 heteroatoms. The highest BCUT2D eigenvalue weighted by molar-refractivity contribution is 5.73. The van der Waals surface area contributed by atoms with Crippen molar-refractivity contribution in [1.82, 2.24) is 10.2 Å². The van der Waals surface area contributed by atoms with Gasteiger partial charge < -0.3 is 15.0 Å². The first-order valence-corrected chi connectivity index (χ1v) is 3.60. The highest BCUT2D eigenvalue weighted by Crippen LogP contribution is 1.84. The Bertz CT molecular complexity index is 124. The molecular weight excluding hydrogens is 144 g/mol. The maximum Gasteiger partial charge on any atom is 0.318 e. The first-order valence-electron chi connectivity index (χ1n) is 3.60. The van der Waals surface area contributed by atoms with Gasteiger partial charge in [0, 0.05) is 14.1 Å². The Morgan fingerprint density at radius 2 is 2.09 bits per heavy atom. The van der Waals surface area contributed by atoms with Gasteiger partial charge in [-0.05, 0) is 13.8 Å². The van der Waals surface area contributed by atoms with Crippen LogP contribution in [0.5, 0.6) is 0 Å². The van der Waals surface area contributed by atoms with Crippen LogP contribution in [0.1, 0.15) is 13.8 Å². The first kappa shape index (κ1) is 10.2. The van der Waals surface area contributed by atoms with Gasteiger partial charge in [0.25, 0.3) is 0 Å². The normalized spacial score (nSPS) is 9.91. The van der Waals surface area contributed by atoms with Crippen molar-refractivity contribution in [2.45, 2.75) is 20.0 Å². The molecule has 0 saturated carbocycles. The van der Waals surface area contributed by atoms with E-state index in [2.05, 4.69) is 5.32 Å². The summed E-state index contributed by atoms with van der Waals surface area (Å²) in [6, 6.07) is -0.134. The Morgan fingerprint density at radius 1 is 1.55 bits per heavy atom. The third-order valence-electron chi connectivity index (χ3n) is 1.05. The van der Waals surface area contributed by atoms with Crippen molar-refractivity contribution < 1.29 is 9.53 Å². The summed E-state index contributed by atoms with van der Waals surface area (Å²) in [5, 5.41) is 2.58. The topological polar surface area (TPSA) is 41.6 Å². The van der Waals surface area contributed by atoms with E-state index in [0.717, 1.165) is 0 Å². The lowest BCUT2D eigenvalue weighted by atomic mass is 10.5. The van der Waals surface area contributed by atoms with Gasteiger partial charge in [-0.15, -0.1) is 0 Å². The van der Waals surface area contributed by atoms with Gasteiger partial charge in [0.05, 0.1) is 6.10 Å². The van der Waals surface area contributed by atoms with E-state index in [1.807, 2.05) is 13.8 Å². The molecule has 4 nitrogen and oxygen atoms in total. The Kier molecular flexibility index (Phi) is 4.61. The molecular formula is C7H16N2O2. The fourth-order valence-electron chi connectivity index (χ4n) is 0.428. The minimum atomic E-state index is -0.134. The maximum absolute atomic E-state index is 10.9. The second kappa shape index (κ2) is 4.96. The van der Waals surface area contributed by atoms with E-state index in [1.54, 1.807) is 14.1 Å². The molecule has 0 rings (SSSR count). The number of hydrogen-bond acceptors (Lipinski definition) is 2. The summed E-state index contributed by atoms with van der Waals surface area (Å²) >= 11 is 0. The molecule has 11 heavy (non-hydrogen) atoms. The molecule has 2 amide bonds. The molecule has 0 heterocycles. The standard InChI is InChI=1S/C7H16N2O2/c1-6(2)11-5-8-7(10)9(3)4/h6H,5H2,1-4H3,(H,8,10). The molecule has 0 unspecified atom stereocenters. The molecule has 0 bridgehead atoms. The largest absolute Gasteiger partial charge is 0.359 e. The molecule has 0 fully saturated rings. The maximum atomic E-state index is 10.9. The number of nitrogens with zero attached hydrogens (tertiary/aromatic N) is 1. The number of rotatable bonds is 3. The lowest BCUT2D eigenvalue weighted by molar-refractivity contribution is 0.0670. The van der Waals surface area contributed by atoms with E-state index in [4.69, 9.17) is 4.74 Å². The quantitative estimate of drug-likeness (QED) is 0.615. The second-order valence-electron chi connectivity index (χ2n) is 2.74. The van der Waals surface area contributed by atoms with Crippen molar-refractivity contribution >= 4 is 6.03 Å². The van der Waals surface area contributed by atoms with E-state index >= 15 is 0 Å². The zero-order chi connectivity index (χ0) is 8.85. The van der Waals surface area contributed by atoms with Crippen LogP contribution in [-0.2, 0) is 4.74 Å². The van der Waals surface area contributed by atoms with Crippen LogP contribution in [0.3, 0.4) is 0 Å². The van der Waals surface area contributed by atoms with Crippen molar-refractivity contribution in [1.29, 1.82) is 0 Å². The van der Waals surface area contributed by atoms with Gasteiger partial charge in [0.15, 0.2) is 0 Å². The fourth-order valence-corrected chi connectivity index (χ4v) is 0.428. The molecule has 0 aliphatic heterocycles. The molecule has 0 atom stereocenters. The fraction of sp³-hybridized carbons (Fsp3) is 0.857.